The van der Waals surface area contributed by atoms with Gasteiger partial charge in [-0.2, -0.15) is 4.98 Å². The van der Waals surface area contributed by atoms with Crippen LogP contribution in [0.15, 0.2) is 33.8 Å². The molecule has 0 saturated heterocycles. The standard InChI is InChI=1S/C11H11ClN2O3S/c1-7-6-17-11(13-7)14-18(15,16)10-5-3-4-9(12)8(10)2/h3-6H,1-2H3,(H,13,14). The van der Waals surface area contributed by atoms with E-state index in [1.54, 1.807) is 26.0 Å². The number of hydrogen-bond donors (Lipinski definition) is 1. The number of sulfonamides is 1. The third-order valence-electron chi connectivity index (χ3n) is 2.35. The maximum absolute atomic E-state index is 12.1. The number of oxazole rings is 1. The molecule has 18 heavy (non-hydrogen) atoms. The summed E-state index contributed by atoms with van der Waals surface area (Å²) in [5.41, 5.74) is 1.07. The third kappa shape index (κ3) is 2.49. The average molecular weight is 287 g/mol. The molecule has 5 nitrogen and oxygen atoms in total. The van der Waals surface area contributed by atoms with Gasteiger partial charge in [0.1, 0.15) is 6.26 Å². The van der Waals surface area contributed by atoms with Gasteiger partial charge in [-0.05, 0) is 31.5 Å². The fourth-order valence-corrected chi connectivity index (χ4v) is 2.88. The van der Waals surface area contributed by atoms with Crippen LogP contribution in [0, 0.1) is 13.8 Å². The smallest absolute Gasteiger partial charge is 0.309 e. The Bertz CT molecular complexity index is 679. The molecular formula is C11H11ClN2O3S. The molecule has 0 fully saturated rings. The Kier molecular flexibility index (Phi) is 3.32. The number of hydrogen-bond acceptors (Lipinski definition) is 4. The Labute approximate surface area is 110 Å². The fraction of sp³-hybridized carbons (Fsp3) is 0.182. The van der Waals surface area contributed by atoms with Crippen LogP contribution < -0.4 is 4.72 Å². The van der Waals surface area contributed by atoms with E-state index in [-0.39, 0.29) is 10.9 Å². The van der Waals surface area contributed by atoms with Crippen LogP contribution in [0.4, 0.5) is 6.01 Å². The normalized spacial score (nSPS) is 11.5. The molecular weight excluding hydrogens is 276 g/mol. The quantitative estimate of drug-likeness (QED) is 0.941. The first-order valence-corrected chi connectivity index (χ1v) is 6.96. The van der Waals surface area contributed by atoms with E-state index in [2.05, 4.69) is 9.71 Å². The highest BCUT2D eigenvalue weighted by atomic mass is 35.5. The van der Waals surface area contributed by atoms with E-state index in [4.69, 9.17) is 16.0 Å². The number of nitrogens with one attached hydrogen (secondary N) is 1. The first-order valence-electron chi connectivity index (χ1n) is 5.10. The minimum absolute atomic E-state index is 0.0631. The lowest BCUT2D eigenvalue weighted by Crippen LogP contribution is -2.14. The summed E-state index contributed by atoms with van der Waals surface area (Å²) < 4.78 is 31.4. The Hall–Kier alpha value is -1.53. The molecule has 2 aromatic rings. The van der Waals surface area contributed by atoms with Crippen molar-refractivity contribution >= 4 is 27.6 Å². The number of aryl methyl sites for hydroxylation is 1. The highest BCUT2D eigenvalue weighted by Gasteiger charge is 2.20. The van der Waals surface area contributed by atoms with Gasteiger partial charge < -0.3 is 4.42 Å². The summed E-state index contributed by atoms with van der Waals surface area (Å²) in [5.74, 6) is 0. The lowest BCUT2D eigenvalue weighted by molar-refractivity contribution is 0.569. The van der Waals surface area contributed by atoms with Crippen molar-refractivity contribution in [2.75, 3.05) is 4.72 Å². The van der Waals surface area contributed by atoms with Crippen molar-refractivity contribution in [3.8, 4) is 0 Å². The van der Waals surface area contributed by atoms with Crippen molar-refractivity contribution in [3.63, 3.8) is 0 Å². The van der Waals surface area contributed by atoms with Crippen LogP contribution in [-0.2, 0) is 10.0 Å². The lowest BCUT2D eigenvalue weighted by Gasteiger charge is -2.08. The molecule has 0 unspecified atom stereocenters. The summed E-state index contributed by atoms with van der Waals surface area (Å²) in [6, 6.07) is 4.61. The number of anilines is 1. The molecule has 7 heteroatoms. The molecule has 0 atom stereocenters. The molecule has 1 aromatic heterocycles. The lowest BCUT2D eigenvalue weighted by atomic mass is 10.2. The van der Waals surface area contributed by atoms with Crippen LogP contribution in [0.2, 0.25) is 5.02 Å². The number of nitrogens with zero attached hydrogens (tertiary/aromatic N) is 1. The summed E-state index contributed by atoms with van der Waals surface area (Å²) in [6.07, 6.45) is 1.36. The zero-order valence-corrected chi connectivity index (χ0v) is 11.3. The predicted octanol–water partition coefficient (Wildman–Crippen LogP) is 2.75. The van der Waals surface area contributed by atoms with E-state index in [0.717, 1.165) is 0 Å². The molecule has 0 bridgehead atoms. The van der Waals surface area contributed by atoms with Gasteiger partial charge in [-0.1, -0.05) is 17.7 Å². The fourth-order valence-electron chi connectivity index (χ4n) is 1.45. The van der Waals surface area contributed by atoms with Gasteiger partial charge in [0.2, 0.25) is 0 Å². The number of halogens is 1. The number of aromatic nitrogens is 1. The van der Waals surface area contributed by atoms with Crippen molar-refractivity contribution in [3.05, 3.63) is 40.7 Å². The van der Waals surface area contributed by atoms with Crippen molar-refractivity contribution in [1.82, 2.24) is 4.98 Å². The largest absolute Gasteiger partial charge is 0.431 e. The monoisotopic (exact) mass is 286 g/mol. The molecule has 1 heterocycles. The van der Waals surface area contributed by atoms with Crippen LogP contribution in [0.1, 0.15) is 11.3 Å². The summed E-state index contributed by atoms with van der Waals surface area (Å²) in [4.78, 5) is 3.99. The van der Waals surface area contributed by atoms with Gasteiger partial charge in [0, 0.05) is 5.02 Å². The van der Waals surface area contributed by atoms with E-state index in [9.17, 15) is 8.42 Å². The average Bonchev–Trinajstić information content (AvgIpc) is 2.67. The van der Waals surface area contributed by atoms with Gasteiger partial charge in [0.05, 0.1) is 10.6 Å². The summed E-state index contributed by atoms with van der Waals surface area (Å²) in [6.45, 7) is 3.34. The molecule has 1 N–H and O–H groups in total. The molecule has 0 aliphatic rings. The molecule has 0 radical (unpaired) electrons. The summed E-state index contributed by atoms with van der Waals surface area (Å²) in [7, 11) is -3.74. The first-order chi connectivity index (χ1) is 8.40. The molecule has 0 aliphatic carbocycles. The van der Waals surface area contributed by atoms with Crippen LogP contribution >= 0.6 is 11.6 Å². The van der Waals surface area contributed by atoms with Gasteiger partial charge in [-0.3, -0.25) is 0 Å². The van der Waals surface area contributed by atoms with Gasteiger partial charge in [0.15, 0.2) is 0 Å². The van der Waals surface area contributed by atoms with E-state index >= 15 is 0 Å². The minimum atomic E-state index is -3.74. The van der Waals surface area contributed by atoms with E-state index in [1.165, 1.54) is 12.3 Å². The SMILES string of the molecule is Cc1coc(NS(=O)(=O)c2cccc(Cl)c2C)n1. The van der Waals surface area contributed by atoms with E-state index in [0.29, 0.717) is 16.3 Å². The molecule has 0 saturated carbocycles. The zero-order valence-electron chi connectivity index (χ0n) is 9.77. The molecule has 2 rings (SSSR count). The summed E-state index contributed by atoms with van der Waals surface area (Å²) >= 11 is 5.90. The Morgan fingerprint density at radius 2 is 2.06 bits per heavy atom. The highest BCUT2D eigenvalue weighted by Crippen LogP contribution is 2.24. The van der Waals surface area contributed by atoms with Crippen LogP contribution in [-0.4, -0.2) is 13.4 Å². The van der Waals surface area contributed by atoms with Gasteiger partial charge in [0.25, 0.3) is 10.0 Å². The van der Waals surface area contributed by atoms with E-state index < -0.39 is 10.0 Å². The van der Waals surface area contributed by atoms with Crippen LogP contribution in [0.5, 0.6) is 0 Å². The molecule has 96 valence electrons. The van der Waals surface area contributed by atoms with Crippen LogP contribution in [0.3, 0.4) is 0 Å². The molecule has 1 aromatic carbocycles. The maximum atomic E-state index is 12.1. The Balaban J connectivity index is 2.40. The molecule has 0 spiro atoms. The topological polar surface area (TPSA) is 72.2 Å². The Morgan fingerprint density at radius 1 is 1.33 bits per heavy atom. The van der Waals surface area contributed by atoms with Crippen LogP contribution in [0.25, 0.3) is 0 Å². The second-order valence-electron chi connectivity index (χ2n) is 3.76. The predicted molar refractivity (Wildman–Crippen MR) is 68.2 cm³/mol. The Morgan fingerprint density at radius 3 is 2.67 bits per heavy atom. The van der Waals surface area contributed by atoms with E-state index in [1.807, 2.05) is 0 Å². The second kappa shape index (κ2) is 4.62. The first kappa shape index (κ1) is 12.9. The van der Waals surface area contributed by atoms with Crippen molar-refractivity contribution < 1.29 is 12.8 Å². The summed E-state index contributed by atoms with van der Waals surface area (Å²) in [5, 5.41) is 0.390. The molecule has 0 aliphatic heterocycles. The number of rotatable bonds is 3. The van der Waals surface area contributed by atoms with Gasteiger partial charge in [-0.15, -0.1) is 0 Å². The minimum Gasteiger partial charge on any atom is -0.431 e. The second-order valence-corrected chi connectivity index (χ2v) is 5.82. The molecule has 0 amide bonds. The highest BCUT2D eigenvalue weighted by molar-refractivity contribution is 7.92. The van der Waals surface area contributed by atoms with Crippen molar-refractivity contribution in [2.24, 2.45) is 0 Å². The number of benzene rings is 1. The van der Waals surface area contributed by atoms with Crippen molar-refractivity contribution in [1.29, 1.82) is 0 Å². The zero-order chi connectivity index (χ0) is 13.3. The third-order valence-corrected chi connectivity index (χ3v) is 4.22. The maximum Gasteiger partial charge on any atom is 0.309 e. The van der Waals surface area contributed by atoms with Gasteiger partial charge in [-0.25, -0.2) is 13.1 Å². The van der Waals surface area contributed by atoms with Crippen molar-refractivity contribution in [2.45, 2.75) is 18.7 Å². The van der Waals surface area contributed by atoms with Gasteiger partial charge >= 0.3 is 6.01 Å².